The number of hydrogen-bond donors (Lipinski definition) is 0. The van der Waals surface area contributed by atoms with Crippen LogP contribution in [-0.2, 0) is 24.9 Å². The Bertz CT molecular complexity index is 707. The lowest BCUT2D eigenvalue weighted by Gasteiger charge is -2.45. The molecule has 0 radical (unpaired) electrons. The number of methoxy groups -OCH3 is 1. The minimum Gasteiger partial charge on any atom is -0.417 e. The van der Waals surface area contributed by atoms with Gasteiger partial charge in [0.25, 0.3) is 0 Å². The van der Waals surface area contributed by atoms with Crippen LogP contribution < -0.4 is 0 Å². The molecule has 0 fully saturated rings. The van der Waals surface area contributed by atoms with Crippen LogP contribution in [0.25, 0.3) is 0 Å². The summed E-state index contributed by atoms with van der Waals surface area (Å²) >= 11 is 0. The summed E-state index contributed by atoms with van der Waals surface area (Å²) in [5.41, 5.74) is 0.809. The van der Waals surface area contributed by atoms with E-state index in [4.69, 9.17) is 18.3 Å². The number of rotatable bonds is 14. The average Bonchev–Trinajstić information content (AvgIpc) is 2.72. The second kappa shape index (κ2) is 12.6. The molecule has 1 aromatic carbocycles. The van der Waals surface area contributed by atoms with Crippen LogP contribution in [0.5, 0.6) is 0 Å². The Kier molecular flexibility index (Phi) is 11.7. The molecule has 1 rings (SSSR count). The van der Waals surface area contributed by atoms with E-state index in [1.807, 2.05) is 13.2 Å². The topological polar surface area (TPSA) is 36.9 Å². The molecule has 0 aliphatic rings. The van der Waals surface area contributed by atoms with Gasteiger partial charge in [-0.05, 0) is 68.0 Å². The normalized spacial score (nSPS) is 16.4. The van der Waals surface area contributed by atoms with Gasteiger partial charge in [-0.25, -0.2) is 0 Å². The third-order valence-electron chi connectivity index (χ3n) is 8.11. The average molecular weight is 511 g/mol. The third-order valence-corrected chi connectivity index (χ3v) is 17.1. The van der Waals surface area contributed by atoms with E-state index < -0.39 is 16.6 Å². The molecule has 198 valence electrons. The first-order valence-corrected chi connectivity index (χ1v) is 18.8. The molecule has 6 heteroatoms. The molecule has 0 aliphatic carbocycles. The van der Waals surface area contributed by atoms with E-state index in [2.05, 4.69) is 98.9 Å². The quantitative estimate of drug-likeness (QED) is 0.187. The Labute approximate surface area is 213 Å². The first-order valence-electron chi connectivity index (χ1n) is 12.9. The van der Waals surface area contributed by atoms with Gasteiger partial charge >= 0.3 is 0 Å². The first-order chi connectivity index (χ1) is 15.5. The van der Waals surface area contributed by atoms with Gasteiger partial charge in [0.05, 0.1) is 18.3 Å². The van der Waals surface area contributed by atoms with E-state index >= 15 is 0 Å². The molecular weight excluding hydrogens is 456 g/mol. The van der Waals surface area contributed by atoms with Crippen LogP contribution in [0, 0.1) is 0 Å². The van der Waals surface area contributed by atoms with Gasteiger partial charge in [-0.1, -0.05) is 71.9 Å². The zero-order valence-electron chi connectivity index (χ0n) is 24.3. The van der Waals surface area contributed by atoms with Crippen LogP contribution in [0.1, 0.15) is 73.3 Å². The van der Waals surface area contributed by atoms with Crippen molar-refractivity contribution >= 4 is 16.6 Å². The Morgan fingerprint density at radius 2 is 1.35 bits per heavy atom. The SMILES string of the molecule is CO[C@](C)(CCCO[Si](C)(C)C(C)(C)C)[C@@H](CCOCc1ccccc1)O[Si](C)(C)C(C)(C)C. The van der Waals surface area contributed by atoms with Crippen molar-refractivity contribution in [2.45, 2.75) is 122 Å². The van der Waals surface area contributed by atoms with Crippen LogP contribution in [-0.4, -0.2) is 48.7 Å². The predicted molar refractivity (Wildman–Crippen MR) is 151 cm³/mol. The van der Waals surface area contributed by atoms with Crippen LogP contribution >= 0.6 is 0 Å². The molecular formula is C28H54O4Si2. The molecule has 34 heavy (non-hydrogen) atoms. The van der Waals surface area contributed by atoms with E-state index in [1.54, 1.807) is 0 Å². The molecule has 0 spiro atoms. The first kappa shape index (κ1) is 31.5. The second-order valence-electron chi connectivity index (χ2n) is 12.9. The lowest BCUT2D eigenvalue weighted by molar-refractivity contribution is -0.100. The van der Waals surface area contributed by atoms with Gasteiger partial charge in [0.1, 0.15) is 0 Å². The van der Waals surface area contributed by atoms with E-state index in [9.17, 15) is 0 Å². The van der Waals surface area contributed by atoms with Crippen molar-refractivity contribution in [1.29, 1.82) is 0 Å². The summed E-state index contributed by atoms with van der Waals surface area (Å²) in [6.07, 6.45) is 2.64. The van der Waals surface area contributed by atoms with Gasteiger partial charge in [-0.15, -0.1) is 0 Å². The molecule has 0 amide bonds. The molecule has 0 unspecified atom stereocenters. The molecule has 0 saturated heterocycles. The van der Waals surface area contributed by atoms with Crippen LogP contribution in [0.3, 0.4) is 0 Å². The maximum atomic E-state index is 6.96. The van der Waals surface area contributed by atoms with Crippen molar-refractivity contribution in [2.24, 2.45) is 0 Å². The van der Waals surface area contributed by atoms with Crippen molar-refractivity contribution in [3.63, 3.8) is 0 Å². The van der Waals surface area contributed by atoms with E-state index in [0.717, 1.165) is 25.9 Å². The maximum Gasteiger partial charge on any atom is 0.192 e. The van der Waals surface area contributed by atoms with Gasteiger partial charge in [0.2, 0.25) is 0 Å². The van der Waals surface area contributed by atoms with E-state index in [0.29, 0.717) is 13.2 Å². The standard InChI is InChI=1S/C28H54O4Si2/c1-26(2,3)33(9,10)31-21-16-20-28(7,29-8)25(32-34(11,12)27(4,5)6)19-22-30-23-24-17-14-13-15-18-24/h13-15,17-18,25H,16,19-23H2,1-12H3/t25-,28-/m1/s1. The van der Waals surface area contributed by atoms with Gasteiger partial charge in [-0.3, -0.25) is 0 Å². The minimum absolute atomic E-state index is 0.0259. The molecule has 0 heterocycles. The summed E-state index contributed by atoms with van der Waals surface area (Å²) in [7, 11) is -1.90. The van der Waals surface area contributed by atoms with Crippen LogP contribution in [0.2, 0.25) is 36.3 Å². The minimum atomic E-state index is -1.98. The van der Waals surface area contributed by atoms with Gasteiger partial charge in [0, 0.05) is 20.3 Å². The highest BCUT2D eigenvalue weighted by molar-refractivity contribution is 6.74. The van der Waals surface area contributed by atoms with Crippen LogP contribution in [0.15, 0.2) is 30.3 Å². The summed E-state index contributed by atoms with van der Waals surface area (Å²) in [5.74, 6) is 0. The smallest absolute Gasteiger partial charge is 0.192 e. The van der Waals surface area contributed by atoms with Gasteiger partial charge in [-0.2, -0.15) is 0 Å². The molecule has 2 atom stereocenters. The molecule has 1 aromatic rings. The largest absolute Gasteiger partial charge is 0.417 e. The van der Waals surface area contributed by atoms with Crippen molar-refractivity contribution in [1.82, 2.24) is 0 Å². The molecule has 0 aliphatic heterocycles. The zero-order valence-corrected chi connectivity index (χ0v) is 26.3. The monoisotopic (exact) mass is 510 g/mol. The zero-order chi connectivity index (χ0) is 26.3. The number of hydrogen-bond acceptors (Lipinski definition) is 4. The Hall–Kier alpha value is -0.506. The Morgan fingerprint density at radius 3 is 1.85 bits per heavy atom. The van der Waals surface area contributed by atoms with E-state index in [1.165, 1.54) is 5.56 Å². The summed E-state index contributed by atoms with van der Waals surface area (Å²) < 4.78 is 25.6. The summed E-state index contributed by atoms with van der Waals surface area (Å²) in [6, 6.07) is 10.3. The highest BCUT2D eigenvalue weighted by atomic mass is 28.4. The Morgan fingerprint density at radius 1 is 0.794 bits per heavy atom. The fourth-order valence-corrected chi connectivity index (χ4v) is 5.86. The van der Waals surface area contributed by atoms with Crippen molar-refractivity contribution in [3.8, 4) is 0 Å². The molecule has 0 bridgehead atoms. The summed E-state index contributed by atoms with van der Waals surface area (Å²) in [6.45, 7) is 27.3. The van der Waals surface area contributed by atoms with Crippen molar-refractivity contribution in [2.75, 3.05) is 20.3 Å². The van der Waals surface area contributed by atoms with Crippen molar-refractivity contribution < 1.29 is 18.3 Å². The predicted octanol–water partition coefficient (Wildman–Crippen LogP) is 8.19. The van der Waals surface area contributed by atoms with Gasteiger partial charge < -0.3 is 18.3 Å². The number of benzene rings is 1. The third kappa shape index (κ3) is 9.51. The lowest BCUT2D eigenvalue weighted by Crippen LogP contribution is -2.52. The molecule has 4 nitrogen and oxygen atoms in total. The lowest BCUT2D eigenvalue weighted by atomic mass is 9.91. The summed E-state index contributed by atoms with van der Waals surface area (Å²) in [4.78, 5) is 0. The van der Waals surface area contributed by atoms with Crippen molar-refractivity contribution in [3.05, 3.63) is 35.9 Å². The Balaban J connectivity index is 2.85. The second-order valence-corrected chi connectivity index (χ2v) is 22.5. The maximum absolute atomic E-state index is 6.96. The molecule has 0 saturated carbocycles. The number of ether oxygens (including phenoxy) is 2. The van der Waals surface area contributed by atoms with Crippen LogP contribution in [0.4, 0.5) is 0 Å². The van der Waals surface area contributed by atoms with Gasteiger partial charge in [0.15, 0.2) is 16.6 Å². The summed E-state index contributed by atoms with van der Waals surface area (Å²) in [5, 5.41) is 0.359. The molecule has 0 aromatic heterocycles. The fraction of sp³-hybridized carbons (Fsp3) is 0.786. The highest BCUT2D eigenvalue weighted by Crippen LogP contribution is 2.41. The van der Waals surface area contributed by atoms with E-state index in [-0.39, 0.29) is 21.8 Å². The molecule has 0 N–H and O–H groups in total. The fourth-order valence-electron chi connectivity index (χ4n) is 3.34. The highest BCUT2D eigenvalue weighted by Gasteiger charge is 2.44.